The molecule has 108 valence electrons. The number of nitrogens with two attached hydrogens (primary N) is 1. The third-order valence-corrected chi connectivity index (χ3v) is 6.00. The van der Waals surface area contributed by atoms with Gasteiger partial charge in [-0.25, -0.2) is 4.98 Å². The van der Waals surface area contributed by atoms with Crippen molar-refractivity contribution in [2.75, 3.05) is 13.6 Å². The van der Waals surface area contributed by atoms with Gasteiger partial charge >= 0.3 is 0 Å². The van der Waals surface area contributed by atoms with Gasteiger partial charge in [0.25, 0.3) is 0 Å². The minimum absolute atomic E-state index is 0.170. The molecule has 0 aromatic carbocycles. The Bertz CT molecular complexity index is 417. The lowest BCUT2D eigenvalue weighted by Gasteiger charge is -2.50. The molecule has 3 nitrogen and oxygen atoms in total. The number of aryl methyl sites for hydroxylation is 1. The molecule has 2 rings (SSSR count). The molecule has 2 N–H and O–H groups in total. The number of hydrogen-bond acceptors (Lipinski definition) is 4. The highest BCUT2D eigenvalue weighted by atomic mass is 32.1. The Morgan fingerprint density at radius 1 is 1.53 bits per heavy atom. The molecule has 1 aliphatic rings. The zero-order valence-corrected chi connectivity index (χ0v) is 13.5. The third kappa shape index (κ3) is 2.86. The molecule has 0 spiro atoms. The number of thiazole rings is 1. The van der Waals surface area contributed by atoms with Crippen molar-refractivity contribution in [2.24, 2.45) is 17.6 Å². The highest BCUT2D eigenvalue weighted by Crippen LogP contribution is 2.40. The second-order valence-electron chi connectivity index (χ2n) is 6.31. The first-order valence-corrected chi connectivity index (χ1v) is 8.18. The summed E-state index contributed by atoms with van der Waals surface area (Å²) in [5.74, 6) is 1.51. The Labute approximate surface area is 121 Å². The predicted molar refractivity (Wildman–Crippen MR) is 82.3 cm³/mol. The van der Waals surface area contributed by atoms with Crippen LogP contribution in [-0.2, 0) is 6.54 Å². The summed E-state index contributed by atoms with van der Waals surface area (Å²) < 4.78 is 0. The van der Waals surface area contributed by atoms with Gasteiger partial charge in [-0.1, -0.05) is 13.8 Å². The van der Waals surface area contributed by atoms with E-state index in [0.29, 0.717) is 5.92 Å². The molecule has 0 radical (unpaired) electrons. The molecular weight excluding hydrogens is 254 g/mol. The van der Waals surface area contributed by atoms with E-state index in [9.17, 15) is 0 Å². The topological polar surface area (TPSA) is 42.2 Å². The van der Waals surface area contributed by atoms with Gasteiger partial charge in [-0.3, -0.25) is 4.90 Å². The molecule has 1 aromatic heterocycles. The van der Waals surface area contributed by atoms with Gasteiger partial charge in [0.05, 0.1) is 11.2 Å². The van der Waals surface area contributed by atoms with Crippen LogP contribution in [0.3, 0.4) is 0 Å². The summed E-state index contributed by atoms with van der Waals surface area (Å²) in [4.78, 5) is 8.22. The second-order valence-corrected chi connectivity index (χ2v) is 7.24. The summed E-state index contributed by atoms with van der Waals surface area (Å²) in [6, 6.07) is 0. The maximum Gasteiger partial charge on any atom is 0.0798 e. The molecule has 3 atom stereocenters. The van der Waals surface area contributed by atoms with E-state index in [0.717, 1.165) is 19.0 Å². The summed E-state index contributed by atoms with van der Waals surface area (Å²) in [7, 11) is 2.23. The van der Waals surface area contributed by atoms with Crippen molar-refractivity contribution in [3.05, 3.63) is 16.1 Å². The van der Waals surface area contributed by atoms with E-state index in [1.165, 1.54) is 29.8 Å². The Morgan fingerprint density at radius 2 is 2.26 bits per heavy atom. The monoisotopic (exact) mass is 281 g/mol. The lowest BCUT2D eigenvalue weighted by molar-refractivity contribution is 0.0133. The van der Waals surface area contributed by atoms with Crippen molar-refractivity contribution < 1.29 is 0 Å². The van der Waals surface area contributed by atoms with Gasteiger partial charge in [0.15, 0.2) is 0 Å². The molecule has 0 amide bonds. The van der Waals surface area contributed by atoms with Crippen LogP contribution in [0.5, 0.6) is 0 Å². The van der Waals surface area contributed by atoms with Crippen LogP contribution >= 0.6 is 11.3 Å². The minimum Gasteiger partial charge on any atom is -0.329 e. The summed E-state index contributed by atoms with van der Waals surface area (Å²) >= 11 is 1.76. The Morgan fingerprint density at radius 3 is 2.79 bits per heavy atom. The predicted octanol–water partition coefficient (Wildman–Crippen LogP) is 3.04. The number of rotatable bonds is 4. The number of likely N-dealkylation sites (N-methyl/N-ethyl adjacent to an activating group) is 1. The van der Waals surface area contributed by atoms with Crippen LogP contribution in [0.15, 0.2) is 5.51 Å². The third-order valence-electron chi connectivity index (χ3n) is 5.08. The molecule has 0 aliphatic heterocycles. The normalized spacial score (nSPS) is 31.9. The summed E-state index contributed by atoms with van der Waals surface area (Å²) in [5, 5.41) is 0. The van der Waals surface area contributed by atoms with Crippen LogP contribution in [0.1, 0.15) is 43.7 Å². The van der Waals surface area contributed by atoms with Crippen LogP contribution < -0.4 is 5.73 Å². The number of aromatic nitrogens is 1. The van der Waals surface area contributed by atoms with E-state index in [4.69, 9.17) is 5.73 Å². The fourth-order valence-corrected chi connectivity index (χ4v) is 4.39. The first kappa shape index (κ1) is 14.9. The van der Waals surface area contributed by atoms with Crippen LogP contribution in [0, 0.1) is 18.8 Å². The van der Waals surface area contributed by atoms with Crippen LogP contribution in [0.2, 0.25) is 0 Å². The van der Waals surface area contributed by atoms with Crippen LogP contribution in [0.25, 0.3) is 0 Å². The van der Waals surface area contributed by atoms with E-state index >= 15 is 0 Å². The largest absolute Gasteiger partial charge is 0.329 e. The molecule has 19 heavy (non-hydrogen) atoms. The summed E-state index contributed by atoms with van der Waals surface area (Å²) in [5.41, 5.74) is 9.47. The molecule has 1 aromatic rings. The van der Waals surface area contributed by atoms with Crippen molar-refractivity contribution in [1.82, 2.24) is 9.88 Å². The van der Waals surface area contributed by atoms with Gasteiger partial charge in [0.2, 0.25) is 0 Å². The van der Waals surface area contributed by atoms with Crippen molar-refractivity contribution in [1.29, 1.82) is 0 Å². The number of nitrogens with zero attached hydrogens (tertiary/aromatic N) is 2. The maximum absolute atomic E-state index is 6.19. The molecule has 1 fully saturated rings. The standard InChI is InChI=1S/C15H27N3S/c1-11-5-6-15(9-16,12(2)7-11)18(4)8-14-13(3)17-10-19-14/h10-12H,5-9,16H2,1-4H3. The van der Waals surface area contributed by atoms with Crippen LogP contribution in [-0.4, -0.2) is 29.0 Å². The highest BCUT2D eigenvalue weighted by molar-refractivity contribution is 7.09. The average molecular weight is 281 g/mol. The smallest absolute Gasteiger partial charge is 0.0798 e. The van der Waals surface area contributed by atoms with Gasteiger partial charge in [-0.05, 0) is 45.1 Å². The first-order chi connectivity index (χ1) is 8.99. The lowest BCUT2D eigenvalue weighted by atomic mass is 9.69. The van der Waals surface area contributed by atoms with Crippen molar-refractivity contribution in [2.45, 2.75) is 52.1 Å². The van der Waals surface area contributed by atoms with Gasteiger partial charge < -0.3 is 5.73 Å². The summed E-state index contributed by atoms with van der Waals surface area (Å²) in [6.45, 7) is 8.58. The fourth-order valence-electron chi connectivity index (χ4n) is 3.56. The van der Waals surface area contributed by atoms with Gasteiger partial charge in [0.1, 0.15) is 0 Å². The molecular formula is C15H27N3S. The number of hydrogen-bond donors (Lipinski definition) is 1. The van der Waals surface area contributed by atoms with E-state index in [1.54, 1.807) is 11.3 Å². The Balaban J connectivity index is 2.14. The highest BCUT2D eigenvalue weighted by Gasteiger charge is 2.42. The van der Waals surface area contributed by atoms with Gasteiger partial charge in [-0.2, -0.15) is 0 Å². The van der Waals surface area contributed by atoms with Gasteiger partial charge in [-0.15, -0.1) is 11.3 Å². The first-order valence-electron chi connectivity index (χ1n) is 7.30. The summed E-state index contributed by atoms with van der Waals surface area (Å²) in [6.07, 6.45) is 3.82. The quantitative estimate of drug-likeness (QED) is 0.922. The van der Waals surface area contributed by atoms with Crippen molar-refractivity contribution in [3.8, 4) is 0 Å². The molecule has 4 heteroatoms. The average Bonchev–Trinajstić information content (AvgIpc) is 2.76. The maximum atomic E-state index is 6.19. The van der Waals surface area contributed by atoms with Crippen LogP contribution in [0.4, 0.5) is 0 Å². The molecule has 3 unspecified atom stereocenters. The Kier molecular flexibility index (Phi) is 4.64. The SMILES string of the molecule is Cc1ncsc1CN(C)C1(CN)CCC(C)CC1C. The van der Waals surface area contributed by atoms with Crippen molar-refractivity contribution >= 4 is 11.3 Å². The molecule has 1 heterocycles. The zero-order valence-electron chi connectivity index (χ0n) is 12.6. The lowest BCUT2D eigenvalue weighted by Crippen LogP contribution is -2.58. The second kappa shape index (κ2) is 5.90. The van der Waals surface area contributed by atoms with E-state index in [1.807, 2.05) is 5.51 Å². The zero-order chi connectivity index (χ0) is 14.0. The minimum atomic E-state index is 0.170. The molecule has 0 bridgehead atoms. The van der Waals surface area contributed by atoms with E-state index in [-0.39, 0.29) is 5.54 Å². The van der Waals surface area contributed by atoms with Crippen molar-refractivity contribution in [3.63, 3.8) is 0 Å². The van der Waals surface area contributed by atoms with Gasteiger partial charge in [0, 0.05) is 23.5 Å². The Hall–Kier alpha value is -0.450. The van der Waals surface area contributed by atoms with E-state index in [2.05, 4.69) is 37.7 Å². The molecule has 1 saturated carbocycles. The fraction of sp³-hybridized carbons (Fsp3) is 0.800. The van der Waals surface area contributed by atoms with E-state index < -0.39 is 0 Å². The molecule has 1 aliphatic carbocycles. The molecule has 0 saturated heterocycles.